The third kappa shape index (κ3) is 4.65. The van der Waals surface area contributed by atoms with Crippen LogP contribution >= 0.6 is 0 Å². The minimum Gasteiger partial charge on any atom is -0.482 e. The van der Waals surface area contributed by atoms with Crippen LogP contribution in [0.3, 0.4) is 0 Å². The Hall–Kier alpha value is -3.85. The van der Waals surface area contributed by atoms with Crippen LogP contribution in [0.25, 0.3) is 10.8 Å². The van der Waals surface area contributed by atoms with Crippen molar-refractivity contribution < 1.29 is 19.1 Å². The lowest BCUT2D eigenvalue weighted by Gasteiger charge is -2.15. The van der Waals surface area contributed by atoms with Crippen LogP contribution in [0.4, 0.5) is 5.69 Å². The number of nitrogens with zero attached hydrogens (tertiary/aromatic N) is 1. The molecule has 0 aliphatic carbocycles. The lowest BCUT2D eigenvalue weighted by atomic mass is 10.1. The lowest BCUT2D eigenvalue weighted by Crippen LogP contribution is -2.31. The third-order valence-electron chi connectivity index (χ3n) is 4.07. The molecule has 28 heavy (non-hydrogen) atoms. The fourth-order valence-electron chi connectivity index (χ4n) is 2.62. The molecular formula is C22H18N2O4. The highest BCUT2D eigenvalue weighted by Gasteiger charge is 2.19. The van der Waals surface area contributed by atoms with E-state index in [1.165, 1.54) is 6.92 Å². The second kappa shape index (κ2) is 8.69. The molecule has 0 aliphatic rings. The Morgan fingerprint density at radius 3 is 2.50 bits per heavy atom. The zero-order valence-corrected chi connectivity index (χ0v) is 15.2. The van der Waals surface area contributed by atoms with Crippen molar-refractivity contribution >= 4 is 28.3 Å². The highest BCUT2D eigenvalue weighted by Crippen LogP contribution is 2.23. The summed E-state index contributed by atoms with van der Waals surface area (Å²) >= 11 is 0. The van der Waals surface area contributed by atoms with E-state index in [1.807, 2.05) is 42.5 Å². The fourth-order valence-corrected chi connectivity index (χ4v) is 2.62. The van der Waals surface area contributed by atoms with E-state index in [2.05, 4.69) is 5.32 Å². The minimum absolute atomic E-state index is 0.336. The molecule has 0 aromatic heterocycles. The minimum atomic E-state index is -0.976. The van der Waals surface area contributed by atoms with Gasteiger partial charge in [-0.25, -0.2) is 4.79 Å². The van der Waals surface area contributed by atoms with Gasteiger partial charge >= 0.3 is 5.97 Å². The number of ether oxygens (including phenoxy) is 2. The SMILES string of the molecule is C[C@H](OC(=O)COc1ccc(C#N)cc1)C(=O)Nc1cccc2ccccc12. The highest BCUT2D eigenvalue weighted by atomic mass is 16.6. The molecule has 0 heterocycles. The molecule has 1 N–H and O–H groups in total. The van der Waals surface area contributed by atoms with Gasteiger partial charge in [0.2, 0.25) is 0 Å². The van der Waals surface area contributed by atoms with Gasteiger partial charge in [-0.05, 0) is 42.6 Å². The first-order valence-corrected chi connectivity index (χ1v) is 8.68. The van der Waals surface area contributed by atoms with Gasteiger partial charge in [-0.1, -0.05) is 36.4 Å². The largest absolute Gasteiger partial charge is 0.482 e. The number of anilines is 1. The fraction of sp³-hybridized carbons (Fsp3) is 0.136. The summed E-state index contributed by atoms with van der Waals surface area (Å²) in [5, 5.41) is 13.5. The van der Waals surface area contributed by atoms with Crippen LogP contribution < -0.4 is 10.1 Å². The molecule has 0 saturated carbocycles. The molecular weight excluding hydrogens is 356 g/mol. The van der Waals surface area contributed by atoms with Crippen LogP contribution in [0.5, 0.6) is 5.75 Å². The maximum absolute atomic E-state index is 12.4. The number of esters is 1. The van der Waals surface area contributed by atoms with Gasteiger partial charge < -0.3 is 14.8 Å². The van der Waals surface area contributed by atoms with Crippen molar-refractivity contribution in [2.24, 2.45) is 0 Å². The molecule has 0 radical (unpaired) electrons. The van der Waals surface area contributed by atoms with E-state index in [0.29, 0.717) is 17.0 Å². The molecule has 1 amide bonds. The van der Waals surface area contributed by atoms with E-state index in [9.17, 15) is 9.59 Å². The number of nitriles is 1. The van der Waals surface area contributed by atoms with Crippen molar-refractivity contribution in [1.29, 1.82) is 5.26 Å². The number of amides is 1. The summed E-state index contributed by atoms with van der Waals surface area (Å²) in [6.45, 7) is 1.16. The predicted molar refractivity (Wildman–Crippen MR) is 105 cm³/mol. The topological polar surface area (TPSA) is 88.4 Å². The summed E-state index contributed by atoms with van der Waals surface area (Å²) < 4.78 is 10.4. The summed E-state index contributed by atoms with van der Waals surface area (Å²) in [6, 6.07) is 21.6. The van der Waals surface area contributed by atoms with Crippen LogP contribution in [0.15, 0.2) is 66.7 Å². The van der Waals surface area contributed by atoms with Gasteiger partial charge in [0, 0.05) is 11.1 Å². The average Bonchev–Trinajstić information content (AvgIpc) is 2.73. The van der Waals surface area contributed by atoms with Crippen molar-refractivity contribution in [3.8, 4) is 11.8 Å². The lowest BCUT2D eigenvalue weighted by molar-refractivity contribution is -0.155. The van der Waals surface area contributed by atoms with Crippen LogP contribution in [0.2, 0.25) is 0 Å². The average molecular weight is 374 g/mol. The number of carbonyl (C=O) groups is 2. The highest BCUT2D eigenvalue weighted by molar-refractivity contribution is 6.03. The summed E-state index contributed by atoms with van der Waals surface area (Å²) in [7, 11) is 0. The maximum atomic E-state index is 12.4. The van der Waals surface area contributed by atoms with Gasteiger partial charge in [-0.15, -0.1) is 0 Å². The molecule has 6 nitrogen and oxygen atoms in total. The number of rotatable bonds is 6. The van der Waals surface area contributed by atoms with Crippen LogP contribution in [-0.2, 0) is 14.3 Å². The van der Waals surface area contributed by atoms with Crippen LogP contribution in [-0.4, -0.2) is 24.6 Å². The smallest absolute Gasteiger partial charge is 0.344 e. The van der Waals surface area contributed by atoms with E-state index in [4.69, 9.17) is 14.7 Å². The Morgan fingerprint density at radius 2 is 1.75 bits per heavy atom. The van der Waals surface area contributed by atoms with Gasteiger partial charge in [0.1, 0.15) is 5.75 Å². The van der Waals surface area contributed by atoms with E-state index < -0.39 is 18.0 Å². The molecule has 0 spiro atoms. The van der Waals surface area contributed by atoms with Crippen LogP contribution in [0.1, 0.15) is 12.5 Å². The number of hydrogen-bond donors (Lipinski definition) is 1. The number of benzene rings is 3. The molecule has 0 fully saturated rings. The van der Waals surface area contributed by atoms with Crippen molar-refractivity contribution in [3.63, 3.8) is 0 Å². The molecule has 3 rings (SSSR count). The second-order valence-electron chi connectivity index (χ2n) is 6.07. The Kier molecular flexibility index (Phi) is 5.87. The Balaban J connectivity index is 1.54. The summed E-state index contributed by atoms with van der Waals surface area (Å²) in [4.78, 5) is 24.3. The van der Waals surface area contributed by atoms with Gasteiger partial charge in [0.05, 0.1) is 11.6 Å². The quantitative estimate of drug-likeness (QED) is 0.665. The van der Waals surface area contributed by atoms with Crippen molar-refractivity contribution in [2.75, 3.05) is 11.9 Å². The third-order valence-corrected chi connectivity index (χ3v) is 4.07. The summed E-state index contributed by atoms with van der Waals surface area (Å²) in [6.07, 6.45) is -0.976. The first-order valence-electron chi connectivity index (χ1n) is 8.68. The first-order chi connectivity index (χ1) is 13.6. The number of fused-ring (bicyclic) bond motifs is 1. The van der Waals surface area contributed by atoms with Gasteiger partial charge in [-0.2, -0.15) is 5.26 Å². The second-order valence-corrected chi connectivity index (χ2v) is 6.07. The molecule has 0 saturated heterocycles. The molecule has 0 aliphatic heterocycles. The van der Waals surface area contributed by atoms with E-state index >= 15 is 0 Å². The summed E-state index contributed by atoms with van der Waals surface area (Å²) in [5.41, 5.74) is 1.15. The zero-order chi connectivity index (χ0) is 19.9. The van der Waals surface area contributed by atoms with Gasteiger partial charge in [0.15, 0.2) is 12.7 Å². The number of hydrogen-bond acceptors (Lipinski definition) is 5. The van der Waals surface area contributed by atoms with Crippen molar-refractivity contribution in [3.05, 3.63) is 72.3 Å². The first kappa shape index (κ1) is 18.9. The van der Waals surface area contributed by atoms with Crippen molar-refractivity contribution in [1.82, 2.24) is 0 Å². The monoisotopic (exact) mass is 374 g/mol. The van der Waals surface area contributed by atoms with E-state index in [0.717, 1.165) is 10.8 Å². The molecule has 0 unspecified atom stereocenters. The van der Waals surface area contributed by atoms with Crippen molar-refractivity contribution in [2.45, 2.75) is 13.0 Å². The van der Waals surface area contributed by atoms with E-state index in [-0.39, 0.29) is 6.61 Å². The Morgan fingerprint density at radius 1 is 1.04 bits per heavy atom. The molecule has 6 heteroatoms. The molecule has 1 atom stereocenters. The molecule has 140 valence electrons. The van der Waals surface area contributed by atoms with Crippen LogP contribution in [0, 0.1) is 11.3 Å². The zero-order valence-electron chi connectivity index (χ0n) is 15.2. The Bertz CT molecular complexity index is 1030. The molecule has 3 aromatic rings. The van der Waals surface area contributed by atoms with E-state index in [1.54, 1.807) is 30.3 Å². The Labute approximate surface area is 162 Å². The van der Waals surface area contributed by atoms with Gasteiger partial charge in [-0.3, -0.25) is 4.79 Å². The predicted octanol–water partition coefficient (Wildman–Crippen LogP) is 3.66. The maximum Gasteiger partial charge on any atom is 0.344 e. The number of carbonyl (C=O) groups excluding carboxylic acids is 2. The number of nitrogens with one attached hydrogen (secondary N) is 1. The van der Waals surface area contributed by atoms with Gasteiger partial charge in [0.25, 0.3) is 5.91 Å². The molecule has 3 aromatic carbocycles. The molecule has 0 bridgehead atoms. The normalized spacial score (nSPS) is 11.3. The standard InChI is InChI=1S/C22H18N2O4/c1-15(28-21(25)14-27-18-11-9-16(13-23)10-12-18)22(26)24-20-8-4-6-17-5-2-3-7-19(17)20/h2-12,15H,14H2,1H3,(H,24,26)/t15-/m0/s1. The summed E-state index contributed by atoms with van der Waals surface area (Å²) in [5.74, 6) is -0.656.